The van der Waals surface area contributed by atoms with Crippen molar-refractivity contribution in [2.24, 2.45) is 0 Å². The normalized spacial score (nSPS) is 19.6. The third-order valence-corrected chi connectivity index (χ3v) is 3.30. The van der Waals surface area contributed by atoms with E-state index in [9.17, 15) is 4.79 Å². The Morgan fingerprint density at radius 3 is 3.05 bits per heavy atom. The number of nitrogens with zero attached hydrogens (tertiary/aromatic N) is 2. The zero-order valence-electron chi connectivity index (χ0n) is 11.1. The maximum Gasteiger partial charge on any atom is 0.245 e. The van der Waals surface area contributed by atoms with Gasteiger partial charge in [0.25, 0.3) is 0 Å². The van der Waals surface area contributed by atoms with Crippen molar-refractivity contribution in [3.63, 3.8) is 0 Å². The highest BCUT2D eigenvalue weighted by Crippen LogP contribution is 2.19. The molecule has 1 aromatic heterocycles. The first-order valence-electron chi connectivity index (χ1n) is 6.35. The quantitative estimate of drug-likeness (QED) is 0.856. The third-order valence-electron chi connectivity index (χ3n) is 2.86. The lowest BCUT2D eigenvalue weighted by atomic mass is 10.2. The predicted octanol–water partition coefficient (Wildman–Crippen LogP) is 1.57. The second-order valence-electron chi connectivity index (χ2n) is 4.77. The summed E-state index contributed by atoms with van der Waals surface area (Å²) in [5.74, 6) is 0.776. The Bertz CT molecular complexity index is 453. The van der Waals surface area contributed by atoms with E-state index in [1.165, 1.54) is 0 Å². The molecule has 1 unspecified atom stereocenters. The number of carbonyl (C=O) groups excluding carboxylic acids is 1. The largest absolute Gasteiger partial charge is 0.377 e. The molecule has 19 heavy (non-hydrogen) atoms. The Kier molecular flexibility index (Phi) is 4.76. The fourth-order valence-corrected chi connectivity index (χ4v) is 2.37. The van der Waals surface area contributed by atoms with Crippen LogP contribution in [0.5, 0.6) is 0 Å². The summed E-state index contributed by atoms with van der Waals surface area (Å²) in [6.45, 7) is 5.57. The number of hydrogen-bond acceptors (Lipinski definition) is 4. The molecule has 0 saturated carbocycles. The van der Waals surface area contributed by atoms with Crippen LogP contribution in [0.3, 0.4) is 0 Å². The first kappa shape index (κ1) is 14.3. The van der Waals surface area contributed by atoms with Crippen molar-refractivity contribution in [2.75, 3.05) is 24.7 Å². The Morgan fingerprint density at radius 1 is 1.58 bits per heavy atom. The van der Waals surface area contributed by atoms with E-state index < -0.39 is 0 Å². The number of carbonyl (C=O) groups is 1. The van der Waals surface area contributed by atoms with E-state index in [1.54, 1.807) is 0 Å². The molecule has 0 bridgehead atoms. The van der Waals surface area contributed by atoms with Crippen LogP contribution in [0.25, 0.3) is 0 Å². The fourth-order valence-electron chi connectivity index (χ4n) is 2.03. The van der Waals surface area contributed by atoms with Gasteiger partial charge in [0.1, 0.15) is 16.5 Å². The summed E-state index contributed by atoms with van der Waals surface area (Å²) in [4.78, 5) is 18.6. The summed E-state index contributed by atoms with van der Waals surface area (Å²) < 4.78 is 6.19. The first-order chi connectivity index (χ1) is 9.08. The maximum atomic E-state index is 12.2. The number of nitrogens with one attached hydrogen (secondary N) is 1. The summed E-state index contributed by atoms with van der Waals surface area (Å²) in [5, 5.41) is 2.93. The molecular formula is C13H18BrN3O2. The second kappa shape index (κ2) is 6.34. The van der Waals surface area contributed by atoms with Gasteiger partial charge in [0.05, 0.1) is 13.2 Å². The smallest absolute Gasteiger partial charge is 0.245 e. The third kappa shape index (κ3) is 3.67. The molecular weight excluding hydrogens is 310 g/mol. The monoisotopic (exact) mass is 327 g/mol. The molecule has 6 heteroatoms. The summed E-state index contributed by atoms with van der Waals surface area (Å²) in [6.07, 6.45) is 0. The van der Waals surface area contributed by atoms with Crippen molar-refractivity contribution in [1.82, 2.24) is 10.3 Å². The van der Waals surface area contributed by atoms with E-state index in [-0.39, 0.29) is 18.0 Å². The summed E-state index contributed by atoms with van der Waals surface area (Å²) in [7, 11) is 0. The maximum absolute atomic E-state index is 12.2. The van der Waals surface area contributed by atoms with E-state index >= 15 is 0 Å². The van der Waals surface area contributed by atoms with Crippen LogP contribution in [0.4, 0.5) is 5.82 Å². The van der Waals surface area contributed by atoms with Gasteiger partial charge in [-0.3, -0.25) is 4.79 Å². The number of ether oxygens (including phenoxy) is 1. The molecule has 1 aromatic rings. The minimum Gasteiger partial charge on any atom is -0.377 e. The molecule has 1 amide bonds. The minimum atomic E-state index is -0.321. The first-order valence-corrected chi connectivity index (χ1v) is 7.14. The number of amides is 1. The van der Waals surface area contributed by atoms with E-state index in [0.29, 0.717) is 19.8 Å². The molecule has 104 valence electrons. The summed E-state index contributed by atoms with van der Waals surface area (Å²) in [5.41, 5.74) is 0. The van der Waals surface area contributed by atoms with Gasteiger partial charge in [-0.15, -0.1) is 0 Å². The van der Waals surface area contributed by atoms with Gasteiger partial charge < -0.3 is 15.0 Å². The van der Waals surface area contributed by atoms with Crippen molar-refractivity contribution in [1.29, 1.82) is 0 Å². The lowest BCUT2D eigenvalue weighted by Gasteiger charge is -2.35. The van der Waals surface area contributed by atoms with Gasteiger partial charge >= 0.3 is 0 Å². The molecule has 1 N–H and O–H groups in total. The Balaban J connectivity index is 2.18. The molecule has 0 aliphatic carbocycles. The van der Waals surface area contributed by atoms with Gasteiger partial charge in [0, 0.05) is 12.6 Å². The SMILES string of the molecule is CC(C)NC(=O)C1COCCN1c1cccc(Br)n1. The standard InChI is InChI=1S/C13H18BrN3O2/c1-9(2)15-13(18)10-8-19-7-6-17(10)12-5-3-4-11(14)16-12/h3-5,9-10H,6-8H2,1-2H3,(H,15,18). The molecule has 1 aliphatic heterocycles. The van der Waals surface area contributed by atoms with Gasteiger partial charge in [-0.2, -0.15) is 0 Å². The molecule has 1 atom stereocenters. The molecule has 5 nitrogen and oxygen atoms in total. The zero-order valence-corrected chi connectivity index (χ0v) is 12.7. The number of aromatic nitrogens is 1. The van der Waals surface area contributed by atoms with Crippen LogP contribution in [-0.4, -0.2) is 42.7 Å². The van der Waals surface area contributed by atoms with Crippen molar-refractivity contribution >= 4 is 27.7 Å². The highest BCUT2D eigenvalue weighted by molar-refractivity contribution is 9.10. The van der Waals surface area contributed by atoms with Crippen LogP contribution < -0.4 is 10.2 Å². The highest BCUT2D eigenvalue weighted by atomic mass is 79.9. The van der Waals surface area contributed by atoms with Crippen LogP contribution in [-0.2, 0) is 9.53 Å². The topological polar surface area (TPSA) is 54.5 Å². The zero-order chi connectivity index (χ0) is 13.8. The number of rotatable bonds is 3. The van der Waals surface area contributed by atoms with Crippen molar-refractivity contribution in [3.8, 4) is 0 Å². The van der Waals surface area contributed by atoms with E-state index in [0.717, 1.165) is 10.4 Å². The minimum absolute atomic E-state index is 0.0172. The van der Waals surface area contributed by atoms with Gasteiger partial charge in [-0.05, 0) is 41.9 Å². The van der Waals surface area contributed by atoms with Gasteiger partial charge in [-0.1, -0.05) is 6.07 Å². The average molecular weight is 328 g/mol. The molecule has 1 saturated heterocycles. The van der Waals surface area contributed by atoms with E-state index in [4.69, 9.17) is 4.74 Å². The van der Waals surface area contributed by atoms with Crippen molar-refractivity contribution in [3.05, 3.63) is 22.8 Å². The summed E-state index contributed by atoms with van der Waals surface area (Å²) in [6, 6.07) is 5.49. The molecule has 2 rings (SSSR count). The van der Waals surface area contributed by atoms with Gasteiger partial charge in [-0.25, -0.2) is 4.98 Å². The number of anilines is 1. The van der Waals surface area contributed by atoms with Crippen molar-refractivity contribution < 1.29 is 9.53 Å². The number of morpholine rings is 1. The predicted molar refractivity (Wildman–Crippen MR) is 77.2 cm³/mol. The number of hydrogen-bond donors (Lipinski definition) is 1. The lowest BCUT2D eigenvalue weighted by Crippen LogP contribution is -2.55. The number of pyridine rings is 1. The Morgan fingerprint density at radius 2 is 2.37 bits per heavy atom. The second-order valence-corrected chi connectivity index (χ2v) is 5.58. The molecule has 0 radical (unpaired) electrons. The van der Waals surface area contributed by atoms with Gasteiger partial charge in [0.2, 0.25) is 5.91 Å². The fraction of sp³-hybridized carbons (Fsp3) is 0.538. The molecule has 0 spiro atoms. The Hall–Kier alpha value is -1.14. The van der Waals surface area contributed by atoms with Crippen LogP contribution in [0.1, 0.15) is 13.8 Å². The van der Waals surface area contributed by atoms with Crippen LogP contribution in [0, 0.1) is 0 Å². The highest BCUT2D eigenvalue weighted by Gasteiger charge is 2.30. The van der Waals surface area contributed by atoms with Crippen LogP contribution >= 0.6 is 15.9 Å². The number of halogens is 1. The van der Waals surface area contributed by atoms with Crippen LogP contribution in [0.15, 0.2) is 22.8 Å². The van der Waals surface area contributed by atoms with E-state index in [1.807, 2.05) is 36.9 Å². The average Bonchev–Trinajstić information content (AvgIpc) is 2.38. The lowest BCUT2D eigenvalue weighted by molar-refractivity contribution is -0.125. The molecule has 2 heterocycles. The summed E-state index contributed by atoms with van der Waals surface area (Å²) >= 11 is 3.36. The molecule has 1 fully saturated rings. The Labute approximate surface area is 121 Å². The van der Waals surface area contributed by atoms with Crippen molar-refractivity contribution in [2.45, 2.75) is 25.9 Å². The van der Waals surface area contributed by atoms with Gasteiger partial charge in [0.15, 0.2) is 0 Å². The van der Waals surface area contributed by atoms with Crippen LogP contribution in [0.2, 0.25) is 0 Å². The van der Waals surface area contributed by atoms with E-state index in [2.05, 4.69) is 26.2 Å². The molecule has 1 aliphatic rings. The molecule has 0 aromatic carbocycles.